The molecule has 7 heteroatoms. The molecule has 0 aliphatic rings. The molecule has 0 unspecified atom stereocenters. The Morgan fingerprint density at radius 1 is 1.21 bits per heavy atom. The van der Waals surface area contributed by atoms with Gasteiger partial charge in [-0.15, -0.1) is 0 Å². The zero-order valence-corrected chi connectivity index (χ0v) is 18.2. The molecular weight excluding hydrogens is 382 g/mol. The minimum Gasteiger partial charge on any atom is -0.291 e. The molecule has 0 N–H and O–H groups in total. The lowest BCUT2D eigenvalue weighted by Crippen LogP contribution is -2.26. The van der Waals surface area contributed by atoms with Crippen molar-refractivity contribution in [2.45, 2.75) is 46.6 Å². The number of thiazole rings is 1. The van der Waals surface area contributed by atoms with Crippen LogP contribution < -0.4 is 4.90 Å². The number of hydrogen-bond acceptors (Lipinski definition) is 5. The zero-order chi connectivity index (χ0) is 20.7. The van der Waals surface area contributed by atoms with Crippen molar-refractivity contribution in [1.82, 2.24) is 19.7 Å². The molecule has 0 bridgehead atoms. The highest BCUT2D eigenvalue weighted by Crippen LogP contribution is 2.29. The maximum atomic E-state index is 12.8. The van der Waals surface area contributed by atoms with Crippen LogP contribution in [-0.4, -0.2) is 32.7 Å². The molecule has 0 saturated carbocycles. The standard InChI is InChI=1S/C22H25N5OS/c1-13(2)27-21-17(12-23-27)14(3)16(15(4)24-21)10-11-20(28)26(5)22-25-18-8-6-7-9-19(18)29-22/h6-9,12-13H,10-11H2,1-5H3. The van der Waals surface area contributed by atoms with Gasteiger partial charge in [0, 0.05) is 30.6 Å². The summed E-state index contributed by atoms with van der Waals surface area (Å²) in [4.78, 5) is 23.9. The average molecular weight is 408 g/mol. The second-order valence-electron chi connectivity index (χ2n) is 7.64. The Kier molecular flexibility index (Phi) is 5.08. The van der Waals surface area contributed by atoms with Crippen LogP contribution in [0.1, 0.15) is 43.1 Å². The molecule has 0 aliphatic heterocycles. The number of hydrogen-bond donors (Lipinski definition) is 0. The van der Waals surface area contributed by atoms with Crippen LogP contribution in [0.25, 0.3) is 21.3 Å². The number of amides is 1. The molecule has 1 amide bonds. The van der Waals surface area contributed by atoms with E-state index in [0.717, 1.165) is 43.2 Å². The topological polar surface area (TPSA) is 63.9 Å². The molecule has 6 nitrogen and oxygen atoms in total. The first-order valence-electron chi connectivity index (χ1n) is 9.82. The number of para-hydroxylation sites is 1. The molecule has 0 radical (unpaired) electrons. The summed E-state index contributed by atoms with van der Waals surface area (Å²) in [7, 11) is 1.80. The minimum atomic E-state index is 0.0563. The lowest BCUT2D eigenvalue weighted by atomic mass is 10.0. The summed E-state index contributed by atoms with van der Waals surface area (Å²) in [6, 6.07) is 8.21. The van der Waals surface area contributed by atoms with Crippen molar-refractivity contribution in [3.63, 3.8) is 0 Å². The number of nitrogens with zero attached hydrogens (tertiary/aromatic N) is 5. The van der Waals surface area contributed by atoms with Gasteiger partial charge in [-0.25, -0.2) is 14.6 Å². The Balaban J connectivity index is 1.55. The molecule has 0 spiro atoms. The number of carbonyl (C=O) groups is 1. The van der Waals surface area contributed by atoms with E-state index in [9.17, 15) is 4.79 Å². The Bertz CT molecular complexity index is 1170. The summed E-state index contributed by atoms with van der Waals surface area (Å²) in [5.74, 6) is 0.0563. The number of aryl methyl sites for hydroxylation is 2. The largest absolute Gasteiger partial charge is 0.291 e. The van der Waals surface area contributed by atoms with Crippen LogP contribution in [0.15, 0.2) is 30.5 Å². The summed E-state index contributed by atoms with van der Waals surface area (Å²) < 4.78 is 3.04. The second-order valence-corrected chi connectivity index (χ2v) is 8.65. The van der Waals surface area contributed by atoms with E-state index in [1.54, 1.807) is 11.9 Å². The third kappa shape index (κ3) is 3.51. The Labute approximate surface area is 174 Å². The number of benzene rings is 1. The van der Waals surface area contributed by atoms with Gasteiger partial charge in [0.1, 0.15) is 0 Å². The molecular formula is C22H25N5OS. The summed E-state index contributed by atoms with van der Waals surface area (Å²) in [5.41, 5.74) is 5.10. The average Bonchev–Trinajstić information content (AvgIpc) is 3.31. The van der Waals surface area contributed by atoms with Gasteiger partial charge in [0.05, 0.1) is 16.4 Å². The van der Waals surface area contributed by atoms with E-state index in [1.807, 2.05) is 42.1 Å². The normalized spacial score (nSPS) is 11.7. The Hall–Kier alpha value is -2.80. The molecule has 0 atom stereocenters. The first-order valence-corrected chi connectivity index (χ1v) is 10.6. The van der Waals surface area contributed by atoms with Gasteiger partial charge >= 0.3 is 0 Å². The predicted octanol–water partition coefficient (Wildman–Crippen LogP) is 4.83. The zero-order valence-electron chi connectivity index (χ0n) is 17.4. The van der Waals surface area contributed by atoms with E-state index in [0.29, 0.717) is 12.8 Å². The van der Waals surface area contributed by atoms with Crippen molar-refractivity contribution < 1.29 is 4.79 Å². The highest BCUT2D eigenvalue weighted by molar-refractivity contribution is 7.22. The van der Waals surface area contributed by atoms with Crippen LogP contribution in [0.5, 0.6) is 0 Å². The fourth-order valence-electron chi connectivity index (χ4n) is 3.65. The summed E-state index contributed by atoms with van der Waals surface area (Å²) in [5, 5.41) is 6.29. The number of anilines is 1. The first kappa shape index (κ1) is 19.5. The fourth-order valence-corrected chi connectivity index (χ4v) is 4.59. The van der Waals surface area contributed by atoms with E-state index in [1.165, 1.54) is 11.3 Å². The Morgan fingerprint density at radius 3 is 2.69 bits per heavy atom. The smallest absolute Gasteiger partial charge is 0.228 e. The predicted molar refractivity (Wildman–Crippen MR) is 119 cm³/mol. The molecule has 0 fully saturated rings. The summed E-state index contributed by atoms with van der Waals surface area (Å²) >= 11 is 1.54. The number of aromatic nitrogens is 4. The minimum absolute atomic E-state index is 0.0563. The maximum absolute atomic E-state index is 12.8. The van der Waals surface area contributed by atoms with Gasteiger partial charge in [0.25, 0.3) is 0 Å². The van der Waals surface area contributed by atoms with Crippen molar-refractivity contribution in [3.8, 4) is 0 Å². The van der Waals surface area contributed by atoms with Crippen molar-refractivity contribution >= 4 is 43.6 Å². The van der Waals surface area contributed by atoms with Crippen molar-refractivity contribution in [2.75, 3.05) is 11.9 Å². The van der Waals surface area contributed by atoms with Gasteiger partial charge in [0.2, 0.25) is 5.91 Å². The third-order valence-electron chi connectivity index (χ3n) is 5.36. The molecule has 3 heterocycles. The van der Waals surface area contributed by atoms with E-state index in [2.05, 4.69) is 30.9 Å². The summed E-state index contributed by atoms with van der Waals surface area (Å²) in [6.45, 7) is 8.31. The van der Waals surface area contributed by atoms with Crippen molar-refractivity contribution in [2.24, 2.45) is 0 Å². The molecule has 1 aromatic carbocycles. The van der Waals surface area contributed by atoms with Crippen molar-refractivity contribution in [3.05, 3.63) is 47.3 Å². The van der Waals surface area contributed by atoms with E-state index >= 15 is 0 Å². The lowest BCUT2D eigenvalue weighted by Gasteiger charge is -2.15. The van der Waals surface area contributed by atoms with Gasteiger partial charge in [-0.1, -0.05) is 23.5 Å². The van der Waals surface area contributed by atoms with Crippen LogP contribution in [0.4, 0.5) is 5.13 Å². The molecule has 0 aliphatic carbocycles. The number of rotatable bonds is 5. The quantitative estimate of drug-likeness (QED) is 0.475. The van der Waals surface area contributed by atoms with Crippen LogP contribution >= 0.6 is 11.3 Å². The van der Waals surface area contributed by atoms with Gasteiger partial charge in [-0.3, -0.25) is 9.69 Å². The molecule has 4 rings (SSSR count). The van der Waals surface area contributed by atoms with E-state index in [-0.39, 0.29) is 11.9 Å². The maximum Gasteiger partial charge on any atom is 0.228 e. The monoisotopic (exact) mass is 407 g/mol. The SMILES string of the molecule is Cc1nc2c(cnn2C(C)C)c(C)c1CCC(=O)N(C)c1nc2ccccc2s1. The van der Waals surface area contributed by atoms with E-state index < -0.39 is 0 Å². The van der Waals surface area contributed by atoms with Crippen LogP contribution in [0.2, 0.25) is 0 Å². The number of carbonyl (C=O) groups excluding carboxylic acids is 1. The van der Waals surface area contributed by atoms with Crippen molar-refractivity contribution in [1.29, 1.82) is 0 Å². The molecule has 0 saturated heterocycles. The molecule has 4 aromatic rings. The second kappa shape index (κ2) is 7.55. The van der Waals surface area contributed by atoms with Gasteiger partial charge in [0.15, 0.2) is 10.8 Å². The Morgan fingerprint density at radius 2 is 1.97 bits per heavy atom. The van der Waals surface area contributed by atoms with Gasteiger partial charge < -0.3 is 0 Å². The van der Waals surface area contributed by atoms with Gasteiger partial charge in [-0.2, -0.15) is 5.10 Å². The number of fused-ring (bicyclic) bond motifs is 2. The number of pyridine rings is 1. The highest BCUT2D eigenvalue weighted by atomic mass is 32.1. The highest BCUT2D eigenvalue weighted by Gasteiger charge is 2.19. The molecule has 3 aromatic heterocycles. The molecule has 150 valence electrons. The van der Waals surface area contributed by atoms with Gasteiger partial charge in [-0.05, 0) is 57.4 Å². The first-order chi connectivity index (χ1) is 13.9. The van der Waals surface area contributed by atoms with E-state index in [4.69, 9.17) is 4.98 Å². The third-order valence-corrected chi connectivity index (χ3v) is 6.47. The summed E-state index contributed by atoms with van der Waals surface area (Å²) in [6.07, 6.45) is 2.96. The fraction of sp³-hybridized carbons (Fsp3) is 0.364. The molecule has 29 heavy (non-hydrogen) atoms. The van der Waals surface area contributed by atoms with Crippen LogP contribution in [0, 0.1) is 13.8 Å². The van der Waals surface area contributed by atoms with Crippen LogP contribution in [0.3, 0.4) is 0 Å². The van der Waals surface area contributed by atoms with Crippen LogP contribution in [-0.2, 0) is 11.2 Å². The lowest BCUT2D eigenvalue weighted by molar-refractivity contribution is -0.118.